The SMILES string of the molecule is COC(=O)/C(=C/SC)c1sccc1COc1ccccc1. The first-order valence-corrected chi connectivity index (χ1v) is 8.49. The minimum Gasteiger partial charge on any atom is -0.489 e. The molecule has 1 aromatic carbocycles. The fraction of sp³-hybridized carbons (Fsp3) is 0.188. The number of ether oxygens (including phenoxy) is 2. The van der Waals surface area contributed by atoms with Gasteiger partial charge in [-0.3, -0.25) is 0 Å². The maximum absolute atomic E-state index is 11.9. The van der Waals surface area contributed by atoms with E-state index in [1.165, 1.54) is 30.2 Å². The molecule has 0 unspecified atom stereocenters. The third-order valence-electron chi connectivity index (χ3n) is 2.77. The Hall–Kier alpha value is -1.72. The van der Waals surface area contributed by atoms with Gasteiger partial charge in [-0.15, -0.1) is 23.1 Å². The summed E-state index contributed by atoms with van der Waals surface area (Å²) in [4.78, 5) is 12.8. The van der Waals surface area contributed by atoms with Crippen LogP contribution in [0.5, 0.6) is 5.75 Å². The van der Waals surface area contributed by atoms with E-state index >= 15 is 0 Å². The third kappa shape index (κ3) is 4.12. The maximum atomic E-state index is 11.9. The van der Waals surface area contributed by atoms with E-state index in [9.17, 15) is 4.79 Å². The Morgan fingerprint density at radius 3 is 2.71 bits per heavy atom. The molecule has 1 aromatic heterocycles. The molecule has 0 saturated carbocycles. The molecule has 2 rings (SSSR count). The number of esters is 1. The van der Waals surface area contributed by atoms with Crippen molar-refractivity contribution in [3.63, 3.8) is 0 Å². The van der Waals surface area contributed by atoms with Crippen molar-refractivity contribution >= 4 is 34.6 Å². The molecule has 0 saturated heterocycles. The van der Waals surface area contributed by atoms with Crippen LogP contribution >= 0.6 is 23.1 Å². The minimum atomic E-state index is -0.326. The monoisotopic (exact) mass is 320 g/mol. The fourth-order valence-corrected chi connectivity index (χ4v) is 3.23. The van der Waals surface area contributed by atoms with E-state index in [4.69, 9.17) is 9.47 Å². The van der Waals surface area contributed by atoms with Crippen LogP contribution in [0.1, 0.15) is 10.4 Å². The third-order valence-corrected chi connectivity index (χ3v) is 4.23. The molecule has 5 heteroatoms. The van der Waals surface area contributed by atoms with Crippen LogP contribution in [0.2, 0.25) is 0 Å². The summed E-state index contributed by atoms with van der Waals surface area (Å²) >= 11 is 2.99. The Morgan fingerprint density at radius 2 is 2.05 bits per heavy atom. The first-order chi connectivity index (χ1) is 10.3. The molecule has 0 aliphatic rings. The second-order valence-corrected chi connectivity index (χ2v) is 5.76. The summed E-state index contributed by atoms with van der Waals surface area (Å²) in [6, 6.07) is 11.6. The van der Waals surface area contributed by atoms with E-state index in [1.54, 1.807) is 0 Å². The van der Waals surface area contributed by atoms with Gasteiger partial charge in [0.05, 0.1) is 12.7 Å². The highest BCUT2D eigenvalue weighted by molar-refractivity contribution is 8.01. The molecule has 2 aromatic rings. The lowest BCUT2D eigenvalue weighted by atomic mass is 10.1. The van der Waals surface area contributed by atoms with E-state index in [-0.39, 0.29) is 5.97 Å². The Morgan fingerprint density at radius 1 is 1.29 bits per heavy atom. The molecule has 0 aliphatic carbocycles. The number of benzene rings is 1. The molecule has 0 radical (unpaired) electrons. The number of hydrogen-bond acceptors (Lipinski definition) is 5. The average molecular weight is 320 g/mol. The van der Waals surface area contributed by atoms with Gasteiger partial charge in [-0.25, -0.2) is 4.79 Å². The number of methoxy groups -OCH3 is 1. The summed E-state index contributed by atoms with van der Waals surface area (Å²) in [6.07, 6.45) is 1.91. The smallest absolute Gasteiger partial charge is 0.339 e. The first kappa shape index (κ1) is 15.7. The van der Waals surface area contributed by atoms with Gasteiger partial charge in [-0.2, -0.15) is 0 Å². The lowest BCUT2D eigenvalue weighted by molar-refractivity contribution is -0.133. The molecular weight excluding hydrogens is 304 g/mol. The highest BCUT2D eigenvalue weighted by Gasteiger charge is 2.17. The van der Waals surface area contributed by atoms with E-state index < -0.39 is 0 Å². The van der Waals surface area contributed by atoms with Gasteiger partial charge in [0.25, 0.3) is 0 Å². The van der Waals surface area contributed by atoms with Crippen molar-refractivity contribution in [1.29, 1.82) is 0 Å². The van der Waals surface area contributed by atoms with Gasteiger partial charge in [0.2, 0.25) is 0 Å². The summed E-state index contributed by atoms with van der Waals surface area (Å²) < 4.78 is 10.6. The van der Waals surface area contributed by atoms with Crippen molar-refractivity contribution in [2.45, 2.75) is 6.61 Å². The maximum Gasteiger partial charge on any atom is 0.339 e. The van der Waals surface area contributed by atoms with Crippen LogP contribution in [-0.2, 0) is 16.1 Å². The summed E-state index contributed by atoms with van der Waals surface area (Å²) in [7, 11) is 1.39. The highest BCUT2D eigenvalue weighted by atomic mass is 32.2. The standard InChI is InChI=1S/C16H16O3S2/c1-18-16(17)14(11-20-2)15-12(8-9-21-15)10-19-13-6-4-3-5-7-13/h3-9,11H,10H2,1-2H3/b14-11+. The molecule has 0 fully saturated rings. The average Bonchev–Trinajstić information content (AvgIpc) is 2.99. The van der Waals surface area contributed by atoms with E-state index in [0.29, 0.717) is 12.2 Å². The number of carbonyl (C=O) groups is 1. The zero-order valence-electron chi connectivity index (χ0n) is 11.9. The molecule has 0 spiro atoms. The van der Waals surface area contributed by atoms with Crippen molar-refractivity contribution < 1.29 is 14.3 Å². The van der Waals surface area contributed by atoms with Gasteiger partial charge in [-0.05, 0) is 35.2 Å². The Labute approximate surface area is 132 Å². The largest absolute Gasteiger partial charge is 0.489 e. The number of carbonyl (C=O) groups excluding carboxylic acids is 1. The van der Waals surface area contributed by atoms with Crippen LogP contribution in [-0.4, -0.2) is 19.3 Å². The molecule has 0 atom stereocenters. The van der Waals surface area contributed by atoms with Gasteiger partial charge >= 0.3 is 5.97 Å². The molecule has 1 heterocycles. The normalized spacial score (nSPS) is 11.2. The molecule has 3 nitrogen and oxygen atoms in total. The summed E-state index contributed by atoms with van der Waals surface area (Å²) in [5, 5.41) is 3.76. The van der Waals surface area contributed by atoms with Crippen LogP contribution < -0.4 is 4.74 Å². The number of rotatable bonds is 6. The van der Waals surface area contributed by atoms with Crippen molar-refractivity contribution in [2.75, 3.05) is 13.4 Å². The zero-order chi connectivity index (χ0) is 15.1. The highest BCUT2D eigenvalue weighted by Crippen LogP contribution is 2.29. The molecule has 0 bridgehead atoms. The molecule has 110 valence electrons. The lowest BCUT2D eigenvalue weighted by Gasteiger charge is -2.08. The van der Waals surface area contributed by atoms with Gasteiger partial charge < -0.3 is 9.47 Å². The zero-order valence-corrected chi connectivity index (χ0v) is 13.5. The van der Waals surface area contributed by atoms with Crippen LogP contribution in [0.25, 0.3) is 5.57 Å². The van der Waals surface area contributed by atoms with Gasteiger partial charge in [0.15, 0.2) is 0 Å². The number of thiophene rings is 1. The first-order valence-electron chi connectivity index (χ1n) is 6.32. The predicted octanol–water partition coefficient (Wildman–Crippen LogP) is 4.20. The fourth-order valence-electron chi connectivity index (χ4n) is 1.79. The van der Waals surface area contributed by atoms with Crippen molar-refractivity contribution in [1.82, 2.24) is 0 Å². The Balaban J connectivity index is 2.17. The Kier molecular flexibility index (Phi) is 5.90. The van der Waals surface area contributed by atoms with Gasteiger partial charge in [-0.1, -0.05) is 18.2 Å². The molecule has 0 N–H and O–H groups in total. The second-order valence-electron chi connectivity index (χ2n) is 4.14. The summed E-state index contributed by atoms with van der Waals surface area (Å²) in [5.74, 6) is 0.482. The van der Waals surface area contributed by atoms with E-state index in [2.05, 4.69) is 0 Å². The predicted molar refractivity (Wildman–Crippen MR) is 88.6 cm³/mol. The van der Waals surface area contributed by atoms with Crippen LogP contribution in [0.4, 0.5) is 0 Å². The van der Waals surface area contributed by atoms with E-state index in [1.807, 2.05) is 53.4 Å². The Bertz CT molecular complexity index is 617. The van der Waals surface area contributed by atoms with E-state index in [0.717, 1.165) is 16.2 Å². The number of thioether (sulfide) groups is 1. The molecule has 21 heavy (non-hydrogen) atoms. The molecule has 0 aliphatic heterocycles. The lowest BCUT2D eigenvalue weighted by Crippen LogP contribution is -2.05. The van der Waals surface area contributed by atoms with Crippen molar-refractivity contribution in [3.8, 4) is 5.75 Å². The molecule has 0 amide bonds. The quantitative estimate of drug-likeness (QED) is 0.590. The van der Waals surface area contributed by atoms with Gasteiger partial charge in [0.1, 0.15) is 12.4 Å². The molecular formula is C16H16O3S2. The topological polar surface area (TPSA) is 35.5 Å². The summed E-state index contributed by atoms with van der Waals surface area (Å²) in [6.45, 7) is 0.422. The van der Waals surface area contributed by atoms with Gasteiger partial charge in [0, 0.05) is 10.4 Å². The van der Waals surface area contributed by atoms with Crippen molar-refractivity contribution in [3.05, 3.63) is 57.6 Å². The number of para-hydroxylation sites is 1. The van der Waals surface area contributed by atoms with Crippen molar-refractivity contribution in [2.24, 2.45) is 0 Å². The minimum absolute atomic E-state index is 0.326. The van der Waals surface area contributed by atoms with Crippen LogP contribution in [0.3, 0.4) is 0 Å². The number of hydrogen-bond donors (Lipinski definition) is 0. The van der Waals surface area contributed by atoms with Crippen LogP contribution in [0.15, 0.2) is 47.2 Å². The van der Waals surface area contributed by atoms with Crippen LogP contribution in [0, 0.1) is 0 Å². The summed E-state index contributed by atoms with van der Waals surface area (Å²) in [5.41, 5.74) is 1.56. The second kappa shape index (κ2) is 7.90.